The van der Waals surface area contributed by atoms with Crippen molar-refractivity contribution in [1.29, 1.82) is 0 Å². The SMILES string of the molecule is CC1CC(N(C)C)CC(O)O1.CCC1OC(=O)C(C)C(O)C(C)CC(C)C[C@@H](C)C(=O)CC[C@]1(C)O. The van der Waals surface area contributed by atoms with Crippen LogP contribution in [0.15, 0.2) is 0 Å². The number of nitrogens with zero attached hydrogens (tertiary/aromatic N) is 1. The predicted octanol–water partition coefficient (Wildman–Crippen LogP) is 3.54. The Morgan fingerprint density at radius 3 is 2.14 bits per heavy atom. The second-order valence-corrected chi connectivity index (χ2v) is 11.9. The average Bonchev–Trinajstić information content (AvgIpc) is 2.78. The first-order valence-electron chi connectivity index (χ1n) is 13.7. The van der Waals surface area contributed by atoms with Gasteiger partial charge >= 0.3 is 5.97 Å². The highest BCUT2D eigenvalue weighted by Crippen LogP contribution is 2.30. The molecule has 2 rings (SSSR count). The van der Waals surface area contributed by atoms with Crippen LogP contribution >= 0.6 is 0 Å². The fourth-order valence-corrected chi connectivity index (χ4v) is 5.43. The van der Waals surface area contributed by atoms with E-state index in [1.165, 1.54) is 0 Å². The summed E-state index contributed by atoms with van der Waals surface area (Å²) in [5.74, 6) is -0.864. The molecule has 0 aromatic rings. The molecule has 0 spiro atoms. The van der Waals surface area contributed by atoms with Crippen LogP contribution in [0.4, 0.5) is 0 Å². The molecule has 10 atom stereocenters. The number of carbonyl (C=O) groups excluding carboxylic acids is 2. The number of cyclic esters (lactones) is 1. The maximum atomic E-state index is 12.4. The van der Waals surface area contributed by atoms with E-state index in [1.807, 2.05) is 41.8 Å². The Bertz CT molecular complexity index is 673. The zero-order chi connectivity index (χ0) is 27.8. The number of aliphatic hydroxyl groups excluding tert-OH is 2. The average molecular weight is 516 g/mol. The summed E-state index contributed by atoms with van der Waals surface area (Å²) < 4.78 is 10.7. The second-order valence-electron chi connectivity index (χ2n) is 11.9. The predicted molar refractivity (Wildman–Crippen MR) is 140 cm³/mol. The van der Waals surface area contributed by atoms with Gasteiger partial charge in [-0.2, -0.15) is 0 Å². The first-order chi connectivity index (χ1) is 16.6. The molecule has 8 nitrogen and oxygen atoms in total. The number of aliphatic hydroxyl groups is 3. The standard InChI is InChI=1S/C20H36O5.C8H17NO2/c1-7-17-20(6,24)9-8-16(21)13(3)10-12(2)11-14(4)18(22)15(5)19(23)25-17;1-6-4-7(9(2)3)5-8(10)11-6/h12-15,17-18,22,24H,7-11H2,1-6H3;6-8,10H,4-5H2,1-3H3/t12?,13-,14?,15?,17?,18?,20+;/m1./s1. The fraction of sp³-hybridized carbons (Fsp3) is 0.929. The Morgan fingerprint density at radius 2 is 1.61 bits per heavy atom. The Balaban J connectivity index is 0.000000488. The van der Waals surface area contributed by atoms with Gasteiger partial charge in [-0.25, -0.2) is 0 Å². The molecule has 0 aromatic heterocycles. The second kappa shape index (κ2) is 14.8. The summed E-state index contributed by atoms with van der Waals surface area (Å²) in [5, 5.41) is 30.5. The van der Waals surface area contributed by atoms with Crippen molar-refractivity contribution < 1.29 is 34.4 Å². The van der Waals surface area contributed by atoms with E-state index in [-0.39, 0.29) is 42.5 Å². The highest BCUT2D eigenvalue weighted by atomic mass is 16.6. The molecule has 36 heavy (non-hydrogen) atoms. The van der Waals surface area contributed by atoms with E-state index in [2.05, 4.69) is 11.8 Å². The minimum Gasteiger partial charge on any atom is -0.459 e. The normalized spacial score (nSPS) is 41.6. The van der Waals surface area contributed by atoms with Crippen LogP contribution in [-0.4, -0.2) is 82.3 Å². The summed E-state index contributed by atoms with van der Waals surface area (Å²) in [7, 11) is 4.07. The van der Waals surface area contributed by atoms with Crippen LogP contribution in [0.1, 0.15) is 93.4 Å². The molecule has 8 unspecified atom stereocenters. The number of esters is 1. The van der Waals surface area contributed by atoms with Crippen LogP contribution in [0, 0.1) is 23.7 Å². The summed E-state index contributed by atoms with van der Waals surface area (Å²) in [4.78, 5) is 27.0. The highest BCUT2D eigenvalue weighted by Gasteiger charge is 2.38. The van der Waals surface area contributed by atoms with Gasteiger partial charge in [-0.1, -0.05) is 27.7 Å². The van der Waals surface area contributed by atoms with Gasteiger partial charge in [0, 0.05) is 24.8 Å². The van der Waals surface area contributed by atoms with Gasteiger partial charge in [0.05, 0.1) is 23.7 Å². The van der Waals surface area contributed by atoms with Crippen LogP contribution in [0.2, 0.25) is 0 Å². The van der Waals surface area contributed by atoms with Gasteiger partial charge in [-0.05, 0) is 78.8 Å². The van der Waals surface area contributed by atoms with Gasteiger partial charge in [-0.15, -0.1) is 0 Å². The minimum atomic E-state index is -1.26. The number of carbonyl (C=O) groups is 2. The van der Waals surface area contributed by atoms with E-state index in [9.17, 15) is 24.9 Å². The number of ether oxygens (including phenoxy) is 2. The van der Waals surface area contributed by atoms with Crippen molar-refractivity contribution in [3.8, 4) is 0 Å². The quantitative estimate of drug-likeness (QED) is 0.478. The summed E-state index contributed by atoms with van der Waals surface area (Å²) in [6, 6.07) is 0.466. The van der Waals surface area contributed by atoms with E-state index in [1.54, 1.807) is 13.8 Å². The van der Waals surface area contributed by atoms with Crippen molar-refractivity contribution in [1.82, 2.24) is 4.90 Å². The minimum absolute atomic E-state index is 0.0663. The van der Waals surface area contributed by atoms with Crippen LogP contribution in [-0.2, 0) is 19.1 Å². The maximum absolute atomic E-state index is 12.4. The Labute approximate surface area is 218 Å². The maximum Gasteiger partial charge on any atom is 0.311 e. The van der Waals surface area contributed by atoms with Gasteiger partial charge in [0.15, 0.2) is 6.29 Å². The fourth-order valence-electron chi connectivity index (χ4n) is 5.43. The molecule has 0 bridgehead atoms. The van der Waals surface area contributed by atoms with E-state index >= 15 is 0 Å². The van der Waals surface area contributed by atoms with Gasteiger partial charge in [-0.3, -0.25) is 9.59 Å². The molecule has 0 saturated carbocycles. The Morgan fingerprint density at radius 1 is 1.00 bits per heavy atom. The van der Waals surface area contributed by atoms with Crippen molar-refractivity contribution in [3.05, 3.63) is 0 Å². The van der Waals surface area contributed by atoms with Crippen molar-refractivity contribution in [2.24, 2.45) is 23.7 Å². The molecule has 0 aromatic carbocycles. The number of ketones is 1. The molecule has 2 aliphatic rings. The lowest BCUT2D eigenvalue weighted by Crippen LogP contribution is -2.45. The van der Waals surface area contributed by atoms with E-state index < -0.39 is 36.0 Å². The monoisotopic (exact) mass is 515 g/mol. The molecule has 3 N–H and O–H groups in total. The van der Waals surface area contributed by atoms with Crippen LogP contribution in [0.25, 0.3) is 0 Å². The smallest absolute Gasteiger partial charge is 0.311 e. The molecule has 2 saturated heterocycles. The molecule has 2 aliphatic heterocycles. The third-order valence-corrected chi connectivity index (χ3v) is 7.94. The molecular weight excluding hydrogens is 462 g/mol. The van der Waals surface area contributed by atoms with Crippen molar-refractivity contribution in [2.45, 2.75) is 130 Å². The molecule has 8 heteroatoms. The van der Waals surface area contributed by atoms with Gasteiger partial charge in [0.25, 0.3) is 0 Å². The topological polar surface area (TPSA) is 117 Å². The lowest BCUT2D eigenvalue weighted by Gasteiger charge is -2.34. The number of hydrogen-bond donors (Lipinski definition) is 3. The first-order valence-corrected chi connectivity index (χ1v) is 13.7. The Hall–Kier alpha value is -1.06. The molecule has 2 fully saturated rings. The van der Waals surface area contributed by atoms with E-state index in [4.69, 9.17) is 9.47 Å². The highest BCUT2D eigenvalue weighted by molar-refractivity contribution is 5.80. The molecule has 0 amide bonds. The first kappa shape index (κ1) is 33.0. The molecule has 2 heterocycles. The molecule has 212 valence electrons. The van der Waals surface area contributed by atoms with Gasteiger partial charge in [0.2, 0.25) is 0 Å². The Kier molecular flexibility index (Phi) is 13.5. The summed E-state index contributed by atoms with van der Waals surface area (Å²) in [6.45, 7) is 13.1. The summed E-state index contributed by atoms with van der Waals surface area (Å²) >= 11 is 0. The van der Waals surface area contributed by atoms with Crippen LogP contribution < -0.4 is 0 Å². The molecule has 0 radical (unpaired) electrons. The van der Waals surface area contributed by atoms with Gasteiger partial charge < -0.3 is 29.7 Å². The van der Waals surface area contributed by atoms with E-state index in [0.29, 0.717) is 12.5 Å². The summed E-state index contributed by atoms with van der Waals surface area (Å²) in [5.41, 5.74) is -1.26. The molecule has 0 aliphatic carbocycles. The lowest BCUT2D eigenvalue weighted by molar-refractivity contribution is -0.174. The van der Waals surface area contributed by atoms with Crippen LogP contribution in [0.5, 0.6) is 0 Å². The number of rotatable bonds is 2. The third kappa shape index (κ3) is 10.4. The van der Waals surface area contributed by atoms with Crippen molar-refractivity contribution >= 4 is 11.8 Å². The lowest BCUT2D eigenvalue weighted by atomic mass is 9.81. The zero-order valence-corrected chi connectivity index (χ0v) is 24.1. The van der Waals surface area contributed by atoms with Gasteiger partial charge in [0.1, 0.15) is 11.9 Å². The summed E-state index contributed by atoms with van der Waals surface area (Å²) in [6.07, 6.45) is 2.41. The number of hydrogen-bond acceptors (Lipinski definition) is 8. The van der Waals surface area contributed by atoms with E-state index in [0.717, 1.165) is 25.7 Å². The zero-order valence-electron chi connectivity index (χ0n) is 24.1. The van der Waals surface area contributed by atoms with Crippen molar-refractivity contribution in [3.63, 3.8) is 0 Å². The number of Topliss-reactive ketones (excluding diaryl/α,β-unsaturated/α-hetero) is 1. The third-order valence-electron chi connectivity index (χ3n) is 7.94. The largest absolute Gasteiger partial charge is 0.459 e. The van der Waals surface area contributed by atoms with Crippen molar-refractivity contribution in [2.75, 3.05) is 14.1 Å². The molecular formula is C28H53NO7. The van der Waals surface area contributed by atoms with Crippen LogP contribution in [0.3, 0.4) is 0 Å².